The first-order chi connectivity index (χ1) is 7.29. The van der Waals surface area contributed by atoms with Crippen LogP contribution >= 0.6 is 0 Å². The van der Waals surface area contributed by atoms with Gasteiger partial charge in [0.25, 0.3) is 0 Å². The van der Waals surface area contributed by atoms with Gasteiger partial charge in [0, 0.05) is 18.7 Å². The van der Waals surface area contributed by atoms with Crippen molar-refractivity contribution in [1.82, 2.24) is 4.98 Å². The molecule has 1 aromatic rings. The van der Waals surface area contributed by atoms with E-state index in [0.717, 1.165) is 24.2 Å². The molecule has 0 saturated carbocycles. The van der Waals surface area contributed by atoms with Gasteiger partial charge in [-0.25, -0.2) is 0 Å². The van der Waals surface area contributed by atoms with Gasteiger partial charge in [-0.1, -0.05) is 13.3 Å². The Balaban J connectivity index is 2.23. The molecule has 15 heavy (non-hydrogen) atoms. The molecule has 0 aromatic carbocycles. The van der Waals surface area contributed by atoms with Crippen LogP contribution in [0, 0.1) is 0 Å². The summed E-state index contributed by atoms with van der Waals surface area (Å²) in [7, 11) is 0. The average molecular weight is 205 g/mol. The molecule has 1 unspecified atom stereocenters. The Hall–Kier alpha value is -1.58. The fraction of sp³-hybridized carbons (Fsp3) is 0.455. The summed E-state index contributed by atoms with van der Waals surface area (Å²) in [6.45, 7) is 2.12. The molecule has 1 atom stereocenters. The third-order valence-corrected chi connectivity index (χ3v) is 2.52. The van der Waals surface area contributed by atoms with Crippen LogP contribution in [0.4, 0.5) is 11.4 Å². The van der Waals surface area contributed by atoms with Crippen molar-refractivity contribution in [2.75, 3.05) is 10.6 Å². The lowest BCUT2D eigenvalue weighted by atomic mass is 10.1. The molecule has 0 spiro atoms. The van der Waals surface area contributed by atoms with Crippen LogP contribution in [0.5, 0.6) is 0 Å². The fourth-order valence-corrected chi connectivity index (χ4v) is 1.84. The Bertz CT molecular complexity index is 365. The van der Waals surface area contributed by atoms with Gasteiger partial charge in [0.1, 0.15) is 0 Å². The summed E-state index contributed by atoms with van der Waals surface area (Å²) in [5.74, 6) is 0.0627. The largest absolute Gasteiger partial charge is 0.380 e. The van der Waals surface area contributed by atoms with Crippen LogP contribution in [-0.2, 0) is 4.79 Å². The zero-order valence-corrected chi connectivity index (χ0v) is 8.79. The first-order valence-corrected chi connectivity index (χ1v) is 5.30. The third-order valence-electron chi connectivity index (χ3n) is 2.52. The second kappa shape index (κ2) is 4.29. The Morgan fingerprint density at radius 2 is 2.40 bits per heavy atom. The predicted molar refractivity (Wildman–Crippen MR) is 59.8 cm³/mol. The van der Waals surface area contributed by atoms with Crippen molar-refractivity contribution < 1.29 is 4.79 Å². The lowest BCUT2D eigenvalue weighted by Gasteiger charge is -2.15. The highest BCUT2D eigenvalue weighted by Crippen LogP contribution is 2.25. The normalized spacial score (nSPS) is 19.8. The molecular formula is C11H15N3O. The van der Waals surface area contributed by atoms with E-state index in [4.69, 9.17) is 0 Å². The number of carbonyl (C=O) groups is 1. The minimum absolute atomic E-state index is 0.0627. The molecule has 0 fully saturated rings. The summed E-state index contributed by atoms with van der Waals surface area (Å²) in [6.07, 6.45) is 6.02. The topological polar surface area (TPSA) is 54.0 Å². The third kappa shape index (κ3) is 2.26. The highest BCUT2D eigenvalue weighted by atomic mass is 16.1. The first kappa shape index (κ1) is 9.96. The number of carbonyl (C=O) groups excluding carboxylic acids is 1. The number of pyridine rings is 1. The number of nitrogens with zero attached hydrogens (tertiary/aromatic N) is 1. The van der Waals surface area contributed by atoms with E-state index in [-0.39, 0.29) is 11.9 Å². The van der Waals surface area contributed by atoms with Crippen LogP contribution in [-0.4, -0.2) is 16.9 Å². The Labute approximate surface area is 89.1 Å². The molecule has 1 aliphatic rings. The van der Waals surface area contributed by atoms with Gasteiger partial charge in [0.15, 0.2) is 0 Å². The van der Waals surface area contributed by atoms with E-state index < -0.39 is 0 Å². The highest BCUT2D eigenvalue weighted by molar-refractivity contribution is 5.96. The SMILES string of the molecule is CCCC1CC(=O)Nc2cnccc2N1. The van der Waals surface area contributed by atoms with E-state index in [2.05, 4.69) is 22.5 Å². The van der Waals surface area contributed by atoms with Crippen LogP contribution in [0.1, 0.15) is 26.2 Å². The van der Waals surface area contributed by atoms with Crippen molar-refractivity contribution in [2.24, 2.45) is 0 Å². The van der Waals surface area contributed by atoms with E-state index in [9.17, 15) is 4.79 Å². The zero-order chi connectivity index (χ0) is 10.7. The van der Waals surface area contributed by atoms with Gasteiger partial charge in [0.05, 0.1) is 17.6 Å². The number of aromatic nitrogens is 1. The Kier molecular flexibility index (Phi) is 2.85. The van der Waals surface area contributed by atoms with Crippen molar-refractivity contribution in [3.8, 4) is 0 Å². The molecule has 4 nitrogen and oxygen atoms in total. The molecule has 2 heterocycles. The van der Waals surface area contributed by atoms with E-state index >= 15 is 0 Å². The van der Waals surface area contributed by atoms with Gasteiger partial charge in [-0.15, -0.1) is 0 Å². The number of rotatable bonds is 2. The van der Waals surface area contributed by atoms with Crippen LogP contribution in [0.2, 0.25) is 0 Å². The maximum absolute atomic E-state index is 11.6. The van der Waals surface area contributed by atoms with E-state index in [1.807, 2.05) is 6.07 Å². The Morgan fingerprint density at radius 3 is 3.20 bits per heavy atom. The van der Waals surface area contributed by atoms with Crippen LogP contribution < -0.4 is 10.6 Å². The highest BCUT2D eigenvalue weighted by Gasteiger charge is 2.19. The molecule has 1 aliphatic heterocycles. The van der Waals surface area contributed by atoms with Crippen molar-refractivity contribution in [1.29, 1.82) is 0 Å². The molecule has 0 bridgehead atoms. The van der Waals surface area contributed by atoms with Crippen molar-refractivity contribution in [2.45, 2.75) is 32.2 Å². The second-order valence-corrected chi connectivity index (χ2v) is 3.80. The minimum Gasteiger partial charge on any atom is -0.380 e. The van der Waals surface area contributed by atoms with Gasteiger partial charge in [0.2, 0.25) is 5.91 Å². The van der Waals surface area contributed by atoms with Gasteiger partial charge in [-0.05, 0) is 12.5 Å². The summed E-state index contributed by atoms with van der Waals surface area (Å²) in [4.78, 5) is 15.5. The lowest BCUT2D eigenvalue weighted by Crippen LogP contribution is -2.22. The number of nitrogens with one attached hydrogen (secondary N) is 2. The minimum atomic E-state index is 0.0627. The van der Waals surface area contributed by atoms with Gasteiger partial charge < -0.3 is 10.6 Å². The van der Waals surface area contributed by atoms with E-state index in [0.29, 0.717) is 6.42 Å². The molecule has 80 valence electrons. The van der Waals surface area contributed by atoms with E-state index in [1.165, 1.54) is 0 Å². The first-order valence-electron chi connectivity index (χ1n) is 5.30. The summed E-state index contributed by atoms with van der Waals surface area (Å²) in [5.41, 5.74) is 1.75. The molecule has 2 N–H and O–H groups in total. The molecule has 4 heteroatoms. The molecule has 0 aliphatic carbocycles. The monoisotopic (exact) mass is 205 g/mol. The number of amides is 1. The maximum atomic E-state index is 11.6. The maximum Gasteiger partial charge on any atom is 0.226 e. The summed E-state index contributed by atoms with van der Waals surface area (Å²) >= 11 is 0. The molecule has 2 rings (SSSR count). The van der Waals surface area contributed by atoms with Crippen molar-refractivity contribution in [3.63, 3.8) is 0 Å². The number of hydrogen-bond acceptors (Lipinski definition) is 3. The number of fused-ring (bicyclic) bond motifs is 1. The van der Waals surface area contributed by atoms with Crippen LogP contribution in [0.15, 0.2) is 18.5 Å². The number of anilines is 2. The fourth-order valence-electron chi connectivity index (χ4n) is 1.84. The second-order valence-electron chi connectivity index (χ2n) is 3.80. The lowest BCUT2D eigenvalue weighted by molar-refractivity contribution is -0.116. The summed E-state index contributed by atoms with van der Waals surface area (Å²) in [5, 5.41) is 6.21. The molecule has 1 aromatic heterocycles. The van der Waals surface area contributed by atoms with Crippen LogP contribution in [0.25, 0.3) is 0 Å². The molecular weight excluding hydrogens is 190 g/mol. The predicted octanol–water partition coefficient (Wildman–Crippen LogP) is 2.00. The molecule has 0 saturated heterocycles. The standard InChI is InChI=1S/C11H15N3O/c1-2-3-8-6-11(15)14-10-7-12-5-4-9(10)13-8/h4-5,7-8,13H,2-3,6H2,1H3,(H,14,15). The summed E-state index contributed by atoms with van der Waals surface area (Å²) < 4.78 is 0. The quantitative estimate of drug-likeness (QED) is 0.776. The van der Waals surface area contributed by atoms with Gasteiger partial charge in [-0.2, -0.15) is 0 Å². The summed E-state index contributed by atoms with van der Waals surface area (Å²) in [6, 6.07) is 2.13. The smallest absolute Gasteiger partial charge is 0.226 e. The van der Waals surface area contributed by atoms with E-state index in [1.54, 1.807) is 12.4 Å². The average Bonchev–Trinajstić information content (AvgIpc) is 2.35. The molecule has 1 amide bonds. The number of hydrogen-bond donors (Lipinski definition) is 2. The van der Waals surface area contributed by atoms with Gasteiger partial charge in [-0.3, -0.25) is 9.78 Å². The van der Waals surface area contributed by atoms with Gasteiger partial charge >= 0.3 is 0 Å². The van der Waals surface area contributed by atoms with Crippen molar-refractivity contribution >= 4 is 17.3 Å². The molecule has 0 radical (unpaired) electrons. The Morgan fingerprint density at radius 1 is 1.53 bits per heavy atom. The van der Waals surface area contributed by atoms with Crippen molar-refractivity contribution in [3.05, 3.63) is 18.5 Å². The zero-order valence-electron chi connectivity index (χ0n) is 8.79. The van der Waals surface area contributed by atoms with Crippen LogP contribution in [0.3, 0.4) is 0 Å².